The van der Waals surface area contributed by atoms with Crippen molar-refractivity contribution in [2.24, 2.45) is 0 Å². The van der Waals surface area contributed by atoms with Crippen molar-refractivity contribution in [1.82, 2.24) is 4.98 Å². The maximum Gasteiger partial charge on any atom is 0.255 e. The number of nitrogens with one attached hydrogen (secondary N) is 1. The van der Waals surface area contributed by atoms with Crippen molar-refractivity contribution >= 4 is 28.6 Å². The van der Waals surface area contributed by atoms with Crippen LogP contribution in [0.5, 0.6) is 0 Å². The summed E-state index contributed by atoms with van der Waals surface area (Å²) in [5, 5.41) is 4.09. The first kappa shape index (κ1) is 18.7. The number of rotatable bonds is 5. The van der Waals surface area contributed by atoms with Gasteiger partial charge in [-0.05, 0) is 42.8 Å². The van der Waals surface area contributed by atoms with Crippen molar-refractivity contribution in [2.75, 3.05) is 36.5 Å². The molecule has 2 heterocycles. The van der Waals surface area contributed by atoms with E-state index in [9.17, 15) is 4.79 Å². The molecule has 4 rings (SSSR count). The highest BCUT2D eigenvalue weighted by Crippen LogP contribution is 2.22. The minimum Gasteiger partial charge on any atom is -0.378 e. The van der Waals surface area contributed by atoms with Gasteiger partial charge in [-0.1, -0.05) is 18.2 Å². The third kappa shape index (κ3) is 4.58. The van der Waals surface area contributed by atoms with Gasteiger partial charge in [-0.25, -0.2) is 4.98 Å². The lowest BCUT2D eigenvalue weighted by molar-refractivity contribution is 0.102. The standard InChI is InChI=1S/C22H23N3O2S/c1-16-23-15-21(28-16)13-17-4-2-5-18(12-17)22(26)24-19-6-3-7-20(14-19)25-8-10-27-11-9-25/h2-7,12,14-15H,8-11,13H2,1H3,(H,24,26). The van der Waals surface area contributed by atoms with Gasteiger partial charge in [0.25, 0.3) is 5.91 Å². The summed E-state index contributed by atoms with van der Waals surface area (Å²) < 4.78 is 5.41. The van der Waals surface area contributed by atoms with E-state index in [0.717, 1.165) is 54.7 Å². The highest BCUT2D eigenvalue weighted by molar-refractivity contribution is 7.11. The third-order valence-corrected chi connectivity index (χ3v) is 5.63. The molecule has 144 valence electrons. The Morgan fingerprint density at radius 1 is 1.18 bits per heavy atom. The van der Waals surface area contributed by atoms with Crippen LogP contribution >= 0.6 is 11.3 Å². The molecule has 2 aromatic carbocycles. The summed E-state index contributed by atoms with van der Waals surface area (Å²) in [5.41, 5.74) is 3.68. The van der Waals surface area contributed by atoms with Crippen molar-refractivity contribution < 1.29 is 9.53 Å². The SMILES string of the molecule is Cc1ncc(Cc2cccc(C(=O)Nc3cccc(N4CCOCC4)c3)c2)s1. The summed E-state index contributed by atoms with van der Waals surface area (Å²) in [5.74, 6) is -0.0959. The van der Waals surface area contributed by atoms with Crippen LogP contribution in [0.15, 0.2) is 54.7 Å². The van der Waals surface area contributed by atoms with E-state index in [1.165, 1.54) is 4.88 Å². The zero-order chi connectivity index (χ0) is 19.3. The van der Waals surface area contributed by atoms with Crippen LogP contribution in [0.2, 0.25) is 0 Å². The molecule has 1 N–H and O–H groups in total. The fourth-order valence-corrected chi connectivity index (χ4v) is 4.15. The maximum atomic E-state index is 12.8. The highest BCUT2D eigenvalue weighted by Gasteiger charge is 2.13. The molecule has 0 radical (unpaired) electrons. The number of aryl methyl sites for hydroxylation is 1. The van der Waals surface area contributed by atoms with Gasteiger partial charge in [-0.3, -0.25) is 4.79 Å². The largest absolute Gasteiger partial charge is 0.378 e. The van der Waals surface area contributed by atoms with Gasteiger partial charge in [0, 0.05) is 47.5 Å². The smallest absolute Gasteiger partial charge is 0.255 e. The summed E-state index contributed by atoms with van der Waals surface area (Å²) >= 11 is 1.69. The number of anilines is 2. The number of morpholine rings is 1. The minimum absolute atomic E-state index is 0.0959. The van der Waals surface area contributed by atoms with Gasteiger partial charge >= 0.3 is 0 Å². The molecular weight excluding hydrogens is 370 g/mol. The van der Waals surface area contributed by atoms with Crippen molar-refractivity contribution in [1.29, 1.82) is 0 Å². The van der Waals surface area contributed by atoms with E-state index in [-0.39, 0.29) is 5.91 Å². The monoisotopic (exact) mass is 393 g/mol. The van der Waals surface area contributed by atoms with E-state index in [4.69, 9.17) is 4.74 Å². The van der Waals surface area contributed by atoms with Crippen LogP contribution in [-0.2, 0) is 11.2 Å². The first-order chi connectivity index (χ1) is 13.7. The van der Waals surface area contributed by atoms with E-state index in [1.807, 2.05) is 55.6 Å². The lowest BCUT2D eigenvalue weighted by Crippen LogP contribution is -2.36. The maximum absolute atomic E-state index is 12.8. The molecule has 1 aromatic heterocycles. The Balaban J connectivity index is 1.45. The Hall–Kier alpha value is -2.70. The van der Waals surface area contributed by atoms with E-state index in [2.05, 4.69) is 21.3 Å². The van der Waals surface area contributed by atoms with Gasteiger partial charge in [-0.15, -0.1) is 11.3 Å². The minimum atomic E-state index is -0.0959. The van der Waals surface area contributed by atoms with Crippen LogP contribution in [-0.4, -0.2) is 37.2 Å². The summed E-state index contributed by atoms with van der Waals surface area (Å²) in [4.78, 5) is 20.5. The molecule has 0 atom stereocenters. The van der Waals surface area contributed by atoms with Crippen LogP contribution in [0.1, 0.15) is 25.8 Å². The molecule has 6 heteroatoms. The van der Waals surface area contributed by atoms with Crippen LogP contribution in [0, 0.1) is 6.92 Å². The molecule has 0 saturated carbocycles. The van der Waals surface area contributed by atoms with Crippen molar-refractivity contribution in [3.8, 4) is 0 Å². The van der Waals surface area contributed by atoms with E-state index in [1.54, 1.807) is 11.3 Å². The van der Waals surface area contributed by atoms with Crippen LogP contribution in [0.3, 0.4) is 0 Å². The molecule has 1 saturated heterocycles. The lowest BCUT2D eigenvalue weighted by atomic mass is 10.1. The number of amides is 1. The second kappa shape index (κ2) is 8.54. The number of hydrogen-bond acceptors (Lipinski definition) is 5. The molecule has 1 fully saturated rings. The number of carbonyl (C=O) groups is 1. The number of nitrogens with zero attached hydrogens (tertiary/aromatic N) is 2. The Labute approximate surface area is 169 Å². The molecule has 0 bridgehead atoms. The topological polar surface area (TPSA) is 54.5 Å². The van der Waals surface area contributed by atoms with Gasteiger partial charge in [0.05, 0.1) is 18.2 Å². The van der Waals surface area contributed by atoms with Crippen molar-refractivity contribution in [3.05, 3.63) is 75.7 Å². The normalized spacial score (nSPS) is 14.1. The fraction of sp³-hybridized carbons (Fsp3) is 0.273. The van der Waals surface area contributed by atoms with E-state index < -0.39 is 0 Å². The predicted octanol–water partition coefficient (Wildman–Crippen LogP) is 4.13. The summed E-state index contributed by atoms with van der Waals surface area (Å²) in [6.45, 7) is 5.22. The zero-order valence-corrected chi connectivity index (χ0v) is 16.7. The Morgan fingerprint density at radius 2 is 2.00 bits per heavy atom. The third-order valence-electron chi connectivity index (χ3n) is 4.72. The fourth-order valence-electron chi connectivity index (χ4n) is 3.32. The Bertz CT molecular complexity index is 964. The van der Waals surface area contributed by atoms with Gasteiger partial charge in [0.15, 0.2) is 0 Å². The number of benzene rings is 2. The van der Waals surface area contributed by atoms with Gasteiger partial charge < -0.3 is 15.0 Å². The number of ether oxygens (including phenoxy) is 1. The molecule has 0 unspecified atom stereocenters. The first-order valence-corrected chi connectivity index (χ1v) is 10.2. The molecule has 3 aromatic rings. The summed E-state index contributed by atoms with van der Waals surface area (Å²) in [6.07, 6.45) is 2.70. The predicted molar refractivity (Wildman–Crippen MR) is 114 cm³/mol. The van der Waals surface area contributed by atoms with Gasteiger partial charge in [0.1, 0.15) is 0 Å². The molecule has 1 aliphatic rings. The Morgan fingerprint density at radius 3 is 2.79 bits per heavy atom. The lowest BCUT2D eigenvalue weighted by Gasteiger charge is -2.29. The first-order valence-electron chi connectivity index (χ1n) is 9.42. The van der Waals surface area contributed by atoms with Gasteiger partial charge in [0.2, 0.25) is 0 Å². The molecule has 1 aliphatic heterocycles. The molecular formula is C22H23N3O2S. The van der Waals surface area contributed by atoms with E-state index >= 15 is 0 Å². The molecule has 5 nitrogen and oxygen atoms in total. The Kier molecular flexibility index (Phi) is 5.69. The summed E-state index contributed by atoms with van der Waals surface area (Å²) in [6, 6.07) is 15.8. The average Bonchev–Trinajstić information content (AvgIpc) is 3.13. The number of thiazole rings is 1. The van der Waals surface area contributed by atoms with Crippen molar-refractivity contribution in [2.45, 2.75) is 13.3 Å². The highest BCUT2D eigenvalue weighted by atomic mass is 32.1. The van der Waals surface area contributed by atoms with Crippen LogP contribution < -0.4 is 10.2 Å². The van der Waals surface area contributed by atoms with Crippen LogP contribution in [0.4, 0.5) is 11.4 Å². The molecule has 28 heavy (non-hydrogen) atoms. The second-order valence-corrected chi connectivity index (χ2v) is 8.15. The number of carbonyl (C=O) groups excluding carboxylic acids is 1. The van der Waals surface area contributed by atoms with Crippen LogP contribution in [0.25, 0.3) is 0 Å². The molecule has 1 amide bonds. The number of hydrogen-bond donors (Lipinski definition) is 1. The van der Waals surface area contributed by atoms with Gasteiger partial charge in [-0.2, -0.15) is 0 Å². The number of aromatic nitrogens is 1. The molecule has 0 aliphatic carbocycles. The average molecular weight is 394 g/mol. The quantitative estimate of drug-likeness (QED) is 0.708. The summed E-state index contributed by atoms with van der Waals surface area (Å²) in [7, 11) is 0. The van der Waals surface area contributed by atoms with E-state index in [0.29, 0.717) is 5.56 Å². The second-order valence-electron chi connectivity index (χ2n) is 6.83. The zero-order valence-electron chi connectivity index (χ0n) is 15.9. The molecule has 0 spiro atoms. The van der Waals surface area contributed by atoms with Crippen molar-refractivity contribution in [3.63, 3.8) is 0 Å².